The largest absolute Gasteiger partial charge is 0.506 e. The van der Waals surface area contributed by atoms with Crippen molar-refractivity contribution in [3.63, 3.8) is 0 Å². The molecule has 2 rings (SSSR count). The van der Waals surface area contributed by atoms with Gasteiger partial charge in [0.1, 0.15) is 5.75 Å². The molecule has 0 spiro atoms. The van der Waals surface area contributed by atoms with Crippen molar-refractivity contribution in [1.29, 1.82) is 0 Å². The first kappa shape index (κ1) is 12.2. The third-order valence-electron chi connectivity index (χ3n) is 2.90. The molecular weight excluding hydrogens is 234 g/mol. The van der Waals surface area contributed by atoms with Gasteiger partial charge >= 0.3 is 6.03 Å². The highest BCUT2D eigenvalue weighted by Gasteiger charge is 2.20. The minimum absolute atomic E-state index is 0.0392. The van der Waals surface area contributed by atoms with E-state index in [-0.39, 0.29) is 11.8 Å². The van der Waals surface area contributed by atoms with Gasteiger partial charge in [-0.3, -0.25) is 4.79 Å². The zero-order valence-electron chi connectivity index (χ0n) is 9.87. The second-order valence-corrected chi connectivity index (χ2v) is 4.08. The van der Waals surface area contributed by atoms with Crippen LogP contribution in [0.5, 0.6) is 5.75 Å². The Labute approximate surface area is 105 Å². The molecular formula is C12H15N3O3. The molecule has 3 amide bonds. The molecule has 18 heavy (non-hydrogen) atoms. The fourth-order valence-corrected chi connectivity index (χ4v) is 1.80. The van der Waals surface area contributed by atoms with Gasteiger partial charge in [0, 0.05) is 26.2 Å². The molecule has 0 saturated carbocycles. The molecule has 1 fully saturated rings. The van der Waals surface area contributed by atoms with Crippen LogP contribution in [0.1, 0.15) is 0 Å². The molecule has 1 aliphatic heterocycles. The number of carbonyl (C=O) groups excluding carboxylic acids is 2. The van der Waals surface area contributed by atoms with Crippen LogP contribution in [0.2, 0.25) is 0 Å². The summed E-state index contributed by atoms with van der Waals surface area (Å²) in [6.45, 7) is 2.08. The van der Waals surface area contributed by atoms with E-state index in [4.69, 9.17) is 0 Å². The number of aromatic hydroxyl groups is 1. The number of benzene rings is 1. The standard InChI is InChI=1S/C12H15N3O3/c16-9-14-5-7-15(8-6-14)12(18)13-10-3-1-2-4-11(10)17/h1-4,9,17H,5-8H2,(H,13,18). The number of nitrogens with zero attached hydrogens (tertiary/aromatic N) is 2. The summed E-state index contributed by atoms with van der Waals surface area (Å²) in [6, 6.07) is 6.31. The lowest BCUT2D eigenvalue weighted by Gasteiger charge is -2.32. The van der Waals surface area contributed by atoms with Gasteiger partial charge in [-0.2, -0.15) is 0 Å². The second kappa shape index (κ2) is 5.39. The van der Waals surface area contributed by atoms with Crippen LogP contribution in [0.3, 0.4) is 0 Å². The second-order valence-electron chi connectivity index (χ2n) is 4.08. The molecule has 0 aromatic heterocycles. The first-order valence-electron chi connectivity index (χ1n) is 5.74. The third-order valence-corrected chi connectivity index (χ3v) is 2.90. The minimum atomic E-state index is -0.262. The maximum Gasteiger partial charge on any atom is 0.322 e. The Morgan fingerprint density at radius 3 is 2.50 bits per heavy atom. The molecule has 6 nitrogen and oxygen atoms in total. The molecule has 0 radical (unpaired) electrons. The molecule has 1 aromatic carbocycles. The number of carbonyl (C=O) groups is 2. The number of phenolic OH excluding ortho intramolecular Hbond substituents is 1. The summed E-state index contributed by atoms with van der Waals surface area (Å²) in [5.74, 6) is 0.0392. The van der Waals surface area contributed by atoms with Gasteiger partial charge in [-0.15, -0.1) is 0 Å². The Kier molecular flexibility index (Phi) is 3.66. The Balaban J connectivity index is 1.93. The predicted octanol–water partition coefficient (Wildman–Crippen LogP) is 0.698. The van der Waals surface area contributed by atoms with Crippen molar-refractivity contribution in [2.45, 2.75) is 0 Å². The summed E-state index contributed by atoms with van der Waals surface area (Å²) in [6.07, 6.45) is 0.790. The van der Waals surface area contributed by atoms with Gasteiger partial charge in [-0.25, -0.2) is 4.79 Å². The highest BCUT2D eigenvalue weighted by atomic mass is 16.3. The van der Waals surface area contributed by atoms with E-state index in [1.54, 1.807) is 28.0 Å². The normalized spacial score (nSPS) is 15.3. The summed E-state index contributed by atoms with van der Waals surface area (Å²) in [7, 11) is 0. The molecule has 0 bridgehead atoms. The van der Waals surface area contributed by atoms with Gasteiger partial charge in [0.2, 0.25) is 6.41 Å². The number of phenols is 1. The number of amides is 3. The molecule has 1 saturated heterocycles. The average molecular weight is 249 g/mol. The van der Waals surface area contributed by atoms with Crippen LogP contribution in [0.25, 0.3) is 0 Å². The SMILES string of the molecule is O=CN1CCN(C(=O)Nc2ccccc2O)CC1. The number of para-hydroxylation sites is 2. The van der Waals surface area contributed by atoms with Gasteiger partial charge in [0.25, 0.3) is 0 Å². The molecule has 1 aromatic rings. The number of piperazine rings is 1. The maximum atomic E-state index is 11.9. The van der Waals surface area contributed by atoms with Crippen LogP contribution >= 0.6 is 0 Å². The molecule has 1 heterocycles. The van der Waals surface area contributed by atoms with E-state index in [0.717, 1.165) is 6.41 Å². The molecule has 0 unspecified atom stereocenters. The van der Waals surface area contributed by atoms with Crippen molar-refractivity contribution in [3.8, 4) is 5.75 Å². The fraction of sp³-hybridized carbons (Fsp3) is 0.333. The molecule has 6 heteroatoms. The zero-order valence-corrected chi connectivity index (χ0v) is 9.87. The molecule has 1 aliphatic rings. The van der Waals surface area contributed by atoms with Gasteiger partial charge in [0.05, 0.1) is 5.69 Å². The van der Waals surface area contributed by atoms with Crippen molar-refractivity contribution in [2.24, 2.45) is 0 Å². The van der Waals surface area contributed by atoms with E-state index < -0.39 is 0 Å². The van der Waals surface area contributed by atoms with Crippen molar-refractivity contribution in [3.05, 3.63) is 24.3 Å². The van der Waals surface area contributed by atoms with Crippen molar-refractivity contribution in [1.82, 2.24) is 9.80 Å². The quantitative estimate of drug-likeness (QED) is 0.598. The van der Waals surface area contributed by atoms with E-state index in [1.165, 1.54) is 6.07 Å². The lowest BCUT2D eigenvalue weighted by atomic mass is 10.3. The van der Waals surface area contributed by atoms with Gasteiger partial charge in [0.15, 0.2) is 0 Å². The minimum Gasteiger partial charge on any atom is -0.506 e. The monoisotopic (exact) mass is 249 g/mol. The van der Waals surface area contributed by atoms with E-state index in [1.807, 2.05) is 0 Å². The Hall–Kier alpha value is -2.24. The van der Waals surface area contributed by atoms with Crippen LogP contribution in [-0.4, -0.2) is 53.5 Å². The van der Waals surface area contributed by atoms with Crippen LogP contribution < -0.4 is 5.32 Å². The maximum absolute atomic E-state index is 11.9. The molecule has 0 aliphatic carbocycles. The molecule has 0 atom stereocenters. The van der Waals surface area contributed by atoms with E-state index in [2.05, 4.69) is 5.32 Å². The predicted molar refractivity (Wildman–Crippen MR) is 66.3 cm³/mol. The Morgan fingerprint density at radius 1 is 1.22 bits per heavy atom. The van der Waals surface area contributed by atoms with Gasteiger partial charge in [-0.05, 0) is 12.1 Å². The fourth-order valence-electron chi connectivity index (χ4n) is 1.80. The number of nitrogens with one attached hydrogen (secondary N) is 1. The van der Waals surface area contributed by atoms with Crippen LogP contribution in [0.15, 0.2) is 24.3 Å². The lowest BCUT2D eigenvalue weighted by Crippen LogP contribution is -2.49. The smallest absolute Gasteiger partial charge is 0.322 e. The molecule has 2 N–H and O–H groups in total. The topological polar surface area (TPSA) is 72.9 Å². The van der Waals surface area contributed by atoms with E-state index >= 15 is 0 Å². The van der Waals surface area contributed by atoms with E-state index in [9.17, 15) is 14.7 Å². The number of anilines is 1. The van der Waals surface area contributed by atoms with Crippen LogP contribution in [0, 0.1) is 0 Å². The van der Waals surface area contributed by atoms with Crippen molar-refractivity contribution >= 4 is 18.1 Å². The highest BCUT2D eigenvalue weighted by Crippen LogP contribution is 2.21. The highest BCUT2D eigenvalue weighted by molar-refractivity contribution is 5.91. The zero-order chi connectivity index (χ0) is 13.0. The van der Waals surface area contributed by atoms with Crippen molar-refractivity contribution in [2.75, 3.05) is 31.5 Å². The third kappa shape index (κ3) is 2.71. The van der Waals surface area contributed by atoms with Gasteiger partial charge in [-0.1, -0.05) is 12.1 Å². The Morgan fingerprint density at radius 2 is 1.89 bits per heavy atom. The number of hydrogen-bond acceptors (Lipinski definition) is 3. The van der Waals surface area contributed by atoms with Crippen LogP contribution in [-0.2, 0) is 4.79 Å². The summed E-state index contributed by atoms with van der Waals surface area (Å²) >= 11 is 0. The van der Waals surface area contributed by atoms with Gasteiger partial charge < -0.3 is 20.2 Å². The van der Waals surface area contributed by atoms with Crippen molar-refractivity contribution < 1.29 is 14.7 Å². The number of urea groups is 1. The molecule has 96 valence electrons. The summed E-state index contributed by atoms with van der Waals surface area (Å²) < 4.78 is 0. The first-order valence-corrected chi connectivity index (χ1v) is 5.74. The summed E-state index contributed by atoms with van der Waals surface area (Å²) in [5.41, 5.74) is 0.389. The Bertz CT molecular complexity index is 442. The summed E-state index contributed by atoms with van der Waals surface area (Å²) in [5, 5.41) is 12.2. The first-order chi connectivity index (χ1) is 8.70. The van der Waals surface area contributed by atoms with E-state index in [0.29, 0.717) is 31.9 Å². The van der Waals surface area contributed by atoms with Crippen LogP contribution in [0.4, 0.5) is 10.5 Å². The number of rotatable bonds is 2. The average Bonchev–Trinajstić information content (AvgIpc) is 2.41. The number of hydrogen-bond donors (Lipinski definition) is 2. The summed E-state index contributed by atoms with van der Waals surface area (Å²) in [4.78, 5) is 25.7. The lowest BCUT2D eigenvalue weighted by molar-refractivity contribution is -0.119.